The van der Waals surface area contributed by atoms with Gasteiger partial charge < -0.3 is 10.4 Å². The van der Waals surface area contributed by atoms with Crippen LogP contribution < -0.4 is 5.32 Å². The summed E-state index contributed by atoms with van der Waals surface area (Å²) in [6.07, 6.45) is -9.38. The molecule has 0 saturated carbocycles. The van der Waals surface area contributed by atoms with Crippen molar-refractivity contribution in [3.63, 3.8) is 0 Å². The zero-order valence-electron chi connectivity index (χ0n) is 9.80. The van der Waals surface area contributed by atoms with E-state index in [1.54, 1.807) is 0 Å². The molecule has 0 aliphatic rings. The number of hydrogen-bond donors (Lipinski definition) is 2. The lowest BCUT2D eigenvalue weighted by molar-refractivity contribution is -0.192. The minimum atomic E-state index is -5.23. The lowest BCUT2D eigenvalue weighted by Crippen LogP contribution is -2.55. The van der Waals surface area contributed by atoms with Crippen molar-refractivity contribution in [1.29, 1.82) is 0 Å². The van der Waals surface area contributed by atoms with Crippen LogP contribution in [-0.2, 0) is 11.0 Å². The van der Waals surface area contributed by atoms with Crippen LogP contribution in [0.1, 0.15) is 12.5 Å². The number of carbonyl (C=O) groups is 1. The third-order valence-electron chi connectivity index (χ3n) is 2.46. The molecular weight excluding hydrogens is 294 g/mol. The molecule has 1 unspecified atom stereocenters. The van der Waals surface area contributed by atoms with Crippen molar-refractivity contribution in [2.75, 3.05) is 5.32 Å². The smallest absolute Gasteiger partial charge is 0.422 e. The van der Waals surface area contributed by atoms with Gasteiger partial charge in [-0.2, -0.15) is 26.3 Å². The standard InChI is InChI=1S/C10H8F6N2O2/c1-8(7(19)20,10(14,15)16)18-6-4-5(2-3-17-6)9(11,12)13/h2-4H,1H3,(H,17,18)(H,19,20). The van der Waals surface area contributed by atoms with E-state index in [0.29, 0.717) is 18.3 Å². The molecule has 0 spiro atoms. The summed E-state index contributed by atoms with van der Waals surface area (Å²) in [4.78, 5) is 14.0. The Hall–Kier alpha value is -2.00. The van der Waals surface area contributed by atoms with Crippen LogP contribution >= 0.6 is 0 Å². The SMILES string of the molecule is CC(Nc1cc(C(F)(F)F)ccn1)(C(=O)O)C(F)(F)F. The summed E-state index contributed by atoms with van der Waals surface area (Å²) < 4.78 is 75.2. The summed E-state index contributed by atoms with van der Waals surface area (Å²) in [5.74, 6) is -3.13. The molecule has 0 bridgehead atoms. The van der Waals surface area contributed by atoms with Gasteiger partial charge in [0.2, 0.25) is 5.54 Å². The van der Waals surface area contributed by atoms with Crippen molar-refractivity contribution in [2.45, 2.75) is 24.8 Å². The first-order valence-corrected chi connectivity index (χ1v) is 4.99. The molecule has 1 rings (SSSR count). The fourth-order valence-electron chi connectivity index (χ4n) is 1.18. The monoisotopic (exact) mass is 302 g/mol. The van der Waals surface area contributed by atoms with E-state index in [1.165, 1.54) is 5.32 Å². The Morgan fingerprint density at radius 3 is 2.20 bits per heavy atom. The van der Waals surface area contributed by atoms with Crippen LogP contribution in [0.2, 0.25) is 0 Å². The van der Waals surface area contributed by atoms with E-state index in [4.69, 9.17) is 5.11 Å². The number of anilines is 1. The van der Waals surface area contributed by atoms with Crippen molar-refractivity contribution in [2.24, 2.45) is 0 Å². The lowest BCUT2D eigenvalue weighted by atomic mass is 10.0. The van der Waals surface area contributed by atoms with Crippen molar-refractivity contribution in [3.8, 4) is 0 Å². The van der Waals surface area contributed by atoms with Gasteiger partial charge in [-0.15, -0.1) is 0 Å². The average molecular weight is 302 g/mol. The molecule has 2 N–H and O–H groups in total. The predicted molar refractivity (Wildman–Crippen MR) is 55.0 cm³/mol. The van der Waals surface area contributed by atoms with Gasteiger partial charge in [-0.1, -0.05) is 0 Å². The molecule has 0 aromatic carbocycles. The van der Waals surface area contributed by atoms with Crippen molar-refractivity contribution in [3.05, 3.63) is 23.9 Å². The Labute approximate surface area is 108 Å². The maximum absolute atomic E-state index is 12.7. The Kier molecular flexibility index (Phi) is 3.88. The van der Waals surface area contributed by atoms with E-state index >= 15 is 0 Å². The normalized spacial score (nSPS) is 15.6. The van der Waals surface area contributed by atoms with Crippen LogP contribution in [0, 0.1) is 0 Å². The Morgan fingerprint density at radius 2 is 1.80 bits per heavy atom. The molecular formula is C10H8F6N2O2. The number of alkyl halides is 6. The second-order valence-corrected chi connectivity index (χ2v) is 3.98. The Balaban J connectivity index is 3.18. The molecule has 4 nitrogen and oxygen atoms in total. The zero-order chi connectivity index (χ0) is 15.8. The molecule has 20 heavy (non-hydrogen) atoms. The predicted octanol–water partition coefficient (Wildman–Crippen LogP) is 2.92. The highest BCUT2D eigenvalue weighted by atomic mass is 19.4. The number of pyridine rings is 1. The van der Waals surface area contributed by atoms with Gasteiger partial charge in [-0.3, -0.25) is 0 Å². The number of aliphatic carboxylic acids is 1. The van der Waals surface area contributed by atoms with Gasteiger partial charge in [-0.25, -0.2) is 9.78 Å². The van der Waals surface area contributed by atoms with Crippen LogP contribution in [-0.4, -0.2) is 27.8 Å². The highest BCUT2D eigenvalue weighted by Gasteiger charge is 2.58. The third kappa shape index (κ3) is 3.11. The molecule has 1 aromatic heterocycles. The zero-order valence-corrected chi connectivity index (χ0v) is 9.80. The summed E-state index contributed by atoms with van der Waals surface area (Å²) in [6, 6.07) is 0.851. The van der Waals surface area contributed by atoms with Gasteiger partial charge in [0.25, 0.3) is 0 Å². The van der Waals surface area contributed by atoms with Crippen LogP contribution in [0.15, 0.2) is 18.3 Å². The second kappa shape index (κ2) is 4.84. The number of carboxylic acid groups (broad SMARTS) is 1. The highest BCUT2D eigenvalue weighted by molar-refractivity contribution is 5.83. The maximum Gasteiger partial charge on any atom is 0.422 e. The van der Waals surface area contributed by atoms with E-state index < -0.39 is 35.2 Å². The largest absolute Gasteiger partial charge is 0.479 e. The van der Waals surface area contributed by atoms with Crippen LogP contribution in [0.3, 0.4) is 0 Å². The summed E-state index contributed by atoms with van der Waals surface area (Å²) >= 11 is 0. The van der Waals surface area contributed by atoms with Gasteiger partial charge >= 0.3 is 18.3 Å². The van der Waals surface area contributed by atoms with Gasteiger partial charge in [-0.05, 0) is 19.1 Å². The number of hydrogen-bond acceptors (Lipinski definition) is 3. The average Bonchev–Trinajstić information content (AvgIpc) is 2.26. The molecule has 0 aliphatic carbocycles. The fourth-order valence-corrected chi connectivity index (χ4v) is 1.18. The molecule has 0 saturated heterocycles. The van der Waals surface area contributed by atoms with Crippen LogP contribution in [0.5, 0.6) is 0 Å². The number of aromatic nitrogens is 1. The Bertz CT molecular complexity index is 513. The topological polar surface area (TPSA) is 62.2 Å². The van der Waals surface area contributed by atoms with Crippen LogP contribution in [0.25, 0.3) is 0 Å². The highest BCUT2D eigenvalue weighted by Crippen LogP contribution is 2.35. The fraction of sp³-hybridized carbons (Fsp3) is 0.400. The lowest BCUT2D eigenvalue weighted by Gasteiger charge is -2.29. The summed E-state index contributed by atoms with van der Waals surface area (Å²) in [6.45, 7) is 0.289. The van der Waals surface area contributed by atoms with Gasteiger partial charge in [0, 0.05) is 6.20 Å². The molecule has 0 aliphatic heterocycles. The summed E-state index contributed by atoms with van der Waals surface area (Å²) in [5, 5.41) is 10.1. The number of nitrogens with one attached hydrogen (secondary N) is 1. The molecule has 1 heterocycles. The van der Waals surface area contributed by atoms with Crippen LogP contribution in [0.4, 0.5) is 32.2 Å². The van der Waals surface area contributed by atoms with Gasteiger partial charge in [0.1, 0.15) is 5.82 Å². The third-order valence-corrected chi connectivity index (χ3v) is 2.46. The molecule has 1 aromatic rings. The van der Waals surface area contributed by atoms with Crippen molar-refractivity contribution < 1.29 is 36.2 Å². The van der Waals surface area contributed by atoms with Crippen molar-refractivity contribution in [1.82, 2.24) is 4.98 Å². The van der Waals surface area contributed by atoms with E-state index in [1.807, 2.05) is 0 Å². The van der Waals surface area contributed by atoms with E-state index in [2.05, 4.69) is 4.98 Å². The number of nitrogens with zero attached hydrogens (tertiary/aromatic N) is 1. The molecule has 0 amide bonds. The summed E-state index contributed by atoms with van der Waals surface area (Å²) in [5.41, 5.74) is -4.70. The molecule has 0 fully saturated rings. The first kappa shape index (κ1) is 16.1. The maximum atomic E-state index is 12.7. The van der Waals surface area contributed by atoms with E-state index in [-0.39, 0.29) is 6.92 Å². The van der Waals surface area contributed by atoms with Gasteiger partial charge in [0.15, 0.2) is 0 Å². The van der Waals surface area contributed by atoms with Gasteiger partial charge in [0.05, 0.1) is 5.56 Å². The minimum Gasteiger partial charge on any atom is -0.479 e. The Morgan fingerprint density at radius 1 is 1.25 bits per heavy atom. The van der Waals surface area contributed by atoms with E-state index in [9.17, 15) is 31.1 Å². The number of rotatable bonds is 3. The quantitative estimate of drug-likeness (QED) is 0.843. The second-order valence-electron chi connectivity index (χ2n) is 3.98. The minimum absolute atomic E-state index is 0.289. The molecule has 0 radical (unpaired) electrons. The first-order valence-electron chi connectivity index (χ1n) is 4.99. The number of halogens is 6. The molecule has 10 heteroatoms. The number of carboxylic acids is 1. The first-order chi connectivity index (χ1) is 8.88. The van der Waals surface area contributed by atoms with Crippen molar-refractivity contribution >= 4 is 11.8 Å². The molecule has 1 atom stereocenters. The van der Waals surface area contributed by atoms with E-state index in [0.717, 1.165) is 0 Å². The molecule has 112 valence electrons. The summed E-state index contributed by atoms with van der Waals surface area (Å²) in [7, 11) is 0.